The largest absolute Gasteiger partial charge is 0.423 e. The molecule has 1 atom stereocenters. The Morgan fingerprint density at radius 2 is 1.53 bits per heavy atom. The molecule has 0 aliphatic rings. The predicted molar refractivity (Wildman–Crippen MR) is 188 cm³/mol. The second-order valence-electron chi connectivity index (χ2n) is 13.2. The van der Waals surface area contributed by atoms with Crippen LogP contribution in [-0.2, 0) is 14.9 Å². The lowest BCUT2D eigenvalue weighted by Crippen LogP contribution is -2.39. The highest BCUT2D eigenvalue weighted by Crippen LogP contribution is 2.33. The summed E-state index contributed by atoms with van der Waals surface area (Å²) < 4.78 is 44.6. The monoisotopic (exact) mass is 672 g/mol. The van der Waals surface area contributed by atoms with E-state index in [-0.39, 0.29) is 35.6 Å². The van der Waals surface area contributed by atoms with Crippen LogP contribution in [0, 0.1) is 0 Å². The quantitative estimate of drug-likeness (QED) is 0.0391. The fourth-order valence-corrected chi connectivity index (χ4v) is 5.87. The third-order valence-corrected chi connectivity index (χ3v) is 8.52. The average Bonchev–Trinajstić information content (AvgIpc) is 3.01. The molecule has 2 aromatic rings. The first-order chi connectivity index (χ1) is 22.4. The highest BCUT2D eigenvalue weighted by atomic mass is 32.2. The molecule has 0 aliphatic heterocycles. The van der Waals surface area contributed by atoms with Gasteiger partial charge in [-0.15, -0.1) is 0 Å². The third-order valence-electron chi connectivity index (χ3n) is 7.70. The maximum atomic E-state index is 12.9. The number of ether oxygens (including phenoxy) is 2. The number of hydrogen-bond donors (Lipinski definition) is 2. The van der Waals surface area contributed by atoms with Crippen LogP contribution in [0.25, 0.3) is 0 Å². The van der Waals surface area contributed by atoms with Gasteiger partial charge in [-0.1, -0.05) is 76.5 Å². The number of rotatable bonds is 23. The van der Waals surface area contributed by atoms with Gasteiger partial charge >= 0.3 is 11.9 Å². The molecule has 0 spiro atoms. The Bertz CT molecular complexity index is 1340. The molecule has 0 amide bonds. The first-order valence-corrected chi connectivity index (χ1v) is 18.8. The summed E-state index contributed by atoms with van der Waals surface area (Å²) in [5, 5.41) is 3.26. The number of unbranched alkanes of at least 4 members (excludes halogenated alkanes) is 11. The average molecular weight is 673 g/mol. The standard InChI is InChI=1S/C37H56N2O7S/c1-5-6-7-8-9-10-11-12-13-14-15-16-17-18-19-22-35(40)45-34-26-30(32(29-47(42,43)44)28-39-37(2,3)4)23-24-33(34)46-36(41)31-21-20-25-38-27-31/h12-13,20-21,23-27,32,39H,5-11,14-19,22,28-29H2,1-4H3,(H,42,43,44). The van der Waals surface area contributed by atoms with Crippen LogP contribution in [-0.4, -0.2) is 47.7 Å². The molecule has 1 aromatic carbocycles. The maximum Gasteiger partial charge on any atom is 0.345 e. The van der Waals surface area contributed by atoms with E-state index in [1.165, 1.54) is 63.1 Å². The third kappa shape index (κ3) is 18.7. The van der Waals surface area contributed by atoms with E-state index in [4.69, 9.17) is 9.47 Å². The van der Waals surface area contributed by atoms with E-state index in [9.17, 15) is 22.6 Å². The van der Waals surface area contributed by atoms with Gasteiger partial charge in [-0.2, -0.15) is 8.42 Å². The maximum absolute atomic E-state index is 12.9. The normalized spacial score (nSPS) is 12.7. The Labute approximate surface area is 282 Å². The molecular formula is C37H56N2O7S. The van der Waals surface area contributed by atoms with E-state index < -0.39 is 33.7 Å². The summed E-state index contributed by atoms with van der Waals surface area (Å²) in [6, 6.07) is 7.75. The van der Waals surface area contributed by atoms with Crippen molar-refractivity contribution in [2.24, 2.45) is 0 Å². The van der Waals surface area contributed by atoms with Crippen molar-refractivity contribution in [3.63, 3.8) is 0 Å². The number of carbonyl (C=O) groups is 2. The number of carbonyl (C=O) groups excluding carboxylic acids is 2. The SMILES string of the molecule is CCCCCCCCC=CCCCCCCCC(=O)Oc1cc(C(CNC(C)(C)C)CS(=O)(=O)O)ccc1OC(=O)c1cccnc1. The highest BCUT2D eigenvalue weighted by Gasteiger charge is 2.24. The zero-order chi connectivity index (χ0) is 34.5. The summed E-state index contributed by atoms with van der Waals surface area (Å²) in [5.41, 5.74) is 0.417. The first-order valence-electron chi connectivity index (χ1n) is 17.2. The molecule has 262 valence electrons. The Balaban J connectivity index is 1.95. The lowest BCUT2D eigenvalue weighted by atomic mass is 9.98. The van der Waals surface area contributed by atoms with Crippen LogP contribution in [0.5, 0.6) is 11.5 Å². The number of aromatic nitrogens is 1. The van der Waals surface area contributed by atoms with Crippen molar-refractivity contribution in [1.29, 1.82) is 0 Å². The Hall–Kier alpha value is -3.08. The lowest BCUT2D eigenvalue weighted by Gasteiger charge is -2.25. The summed E-state index contributed by atoms with van der Waals surface area (Å²) in [6.07, 6.45) is 22.7. The van der Waals surface area contributed by atoms with E-state index >= 15 is 0 Å². The van der Waals surface area contributed by atoms with Crippen molar-refractivity contribution in [1.82, 2.24) is 10.3 Å². The van der Waals surface area contributed by atoms with Crippen LogP contribution in [0.15, 0.2) is 54.9 Å². The van der Waals surface area contributed by atoms with E-state index in [2.05, 4.69) is 29.4 Å². The van der Waals surface area contributed by atoms with Crippen molar-refractivity contribution in [3.8, 4) is 11.5 Å². The molecule has 0 fully saturated rings. The summed E-state index contributed by atoms with van der Waals surface area (Å²) >= 11 is 0. The van der Waals surface area contributed by atoms with Gasteiger partial charge in [0.15, 0.2) is 11.5 Å². The number of benzene rings is 1. The smallest absolute Gasteiger partial charge is 0.345 e. The number of allylic oxidation sites excluding steroid dienone is 2. The minimum Gasteiger partial charge on any atom is -0.423 e. The van der Waals surface area contributed by atoms with E-state index in [1.807, 2.05) is 20.8 Å². The van der Waals surface area contributed by atoms with Gasteiger partial charge in [-0.25, -0.2) is 4.79 Å². The highest BCUT2D eigenvalue weighted by molar-refractivity contribution is 7.85. The van der Waals surface area contributed by atoms with Gasteiger partial charge in [0.2, 0.25) is 0 Å². The Morgan fingerprint density at radius 1 is 0.894 bits per heavy atom. The van der Waals surface area contributed by atoms with Gasteiger partial charge in [0, 0.05) is 36.8 Å². The molecule has 0 saturated heterocycles. The molecule has 47 heavy (non-hydrogen) atoms. The fourth-order valence-electron chi connectivity index (χ4n) is 5.06. The van der Waals surface area contributed by atoms with E-state index in [0.29, 0.717) is 12.0 Å². The second-order valence-corrected chi connectivity index (χ2v) is 14.7. The molecule has 2 N–H and O–H groups in total. The van der Waals surface area contributed by atoms with E-state index in [0.717, 1.165) is 38.5 Å². The van der Waals surface area contributed by atoms with Crippen molar-refractivity contribution in [2.45, 2.75) is 129 Å². The number of hydrogen-bond acceptors (Lipinski definition) is 8. The summed E-state index contributed by atoms with van der Waals surface area (Å²) in [6.45, 7) is 8.31. The number of nitrogens with zero attached hydrogens (tertiary/aromatic N) is 1. The minimum atomic E-state index is -4.32. The molecule has 2 rings (SSSR count). The van der Waals surface area contributed by atoms with Gasteiger partial charge < -0.3 is 14.8 Å². The number of esters is 2. The molecule has 10 heteroatoms. The molecule has 1 unspecified atom stereocenters. The molecule has 9 nitrogen and oxygen atoms in total. The molecule has 0 radical (unpaired) electrons. The molecule has 0 bridgehead atoms. The Morgan fingerprint density at radius 3 is 2.13 bits per heavy atom. The van der Waals surface area contributed by atoms with Crippen LogP contribution in [0.3, 0.4) is 0 Å². The number of pyridine rings is 1. The van der Waals surface area contributed by atoms with Crippen LogP contribution in [0.2, 0.25) is 0 Å². The van der Waals surface area contributed by atoms with Crippen LogP contribution in [0.4, 0.5) is 0 Å². The molecular weight excluding hydrogens is 616 g/mol. The lowest BCUT2D eigenvalue weighted by molar-refractivity contribution is -0.134. The summed E-state index contributed by atoms with van der Waals surface area (Å²) in [4.78, 5) is 29.6. The van der Waals surface area contributed by atoms with Crippen molar-refractivity contribution >= 4 is 22.1 Å². The summed E-state index contributed by atoms with van der Waals surface area (Å²) in [5.74, 6) is -2.31. The van der Waals surface area contributed by atoms with Gasteiger partial charge in [0.05, 0.1) is 11.3 Å². The van der Waals surface area contributed by atoms with Crippen LogP contribution < -0.4 is 14.8 Å². The van der Waals surface area contributed by atoms with Crippen molar-refractivity contribution in [3.05, 3.63) is 66.0 Å². The summed E-state index contributed by atoms with van der Waals surface area (Å²) in [7, 11) is -4.32. The van der Waals surface area contributed by atoms with Gasteiger partial charge in [0.1, 0.15) is 0 Å². The minimum absolute atomic E-state index is 0.00795. The van der Waals surface area contributed by atoms with Gasteiger partial charge in [-0.3, -0.25) is 14.3 Å². The van der Waals surface area contributed by atoms with Crippen LogP contribution >= 0.6 is 0 Å². The van der Waals surface area contributed by atoms with Crippen molar-refractivity contribution in [2.75, 3.05) is 12.3 Å². The number of nitrogens with one attached hydrogen (secondary N) is 1. The zero-order valence-electron chi connectivity index (χ0n) is 28.8. The zero-order valence-corrected chi connectivity index (χ0v) is 29.7. The van der Waals surface area contributed by atoms with Crippen LogP contribution in [0.1, 0.15) is 139 Å². The van der Waals surface area contributed by atoms with Gasteiger partial charge in [-0.05, 0) is 82.7 Å². The van der Waals surface area contributed by atoms with E-state index in [1.54, 1.807) is 18.2 Å². The fraction of sp³-hybridized carbons (Fsp3) is 0.595. The molecule has 0 aliphatic carbocycles. The molecule has 1 heterocycles. The Kier molecular flexibility index (Phi) is 18.5. The van der Waals surface area contributed by atoms with Crippen molar-refractivity contribution < 1.29 is 32.0 Å². The topological polar surface area (TPSA) is 132 Å². The molecule has 0 saturated carbocycles. The molecule has 1 aromatic heterocycles. The predicted octanol–water partition coefficient (Wildman–Crippen LogP) is 8.60. The second kappa shape index (κ2) is 21.7. The first kappa shape index (κ1) is 40.1. The van der Waals surface area contributed by atoms with Gasteiger partial charge in [0.25, 0.3) is 10.1 Å².